The Morgan fingerprint density at radius 1 is 1.50 bits per heavy atom. The molecule has 0 spiro atoms. The summed E-state index contributed by atoms with van der Waals surface area (Å²) in [7, 11) is 1.55. The molecule has 80 valence electrons. The van der Waals surface area contributed by atoms with E-state index in [1.54, 1.807) is 7.05 Å². The summed E-state index contributed by atoms with van der Waals surface area (Å²) in [6.07, 6.45) is 1.94. The SMILES string of the molecule is CNC(=O)CNC(=O)C1CCCNC1. The smallest absolute Gasteiger partial charge is 0.239 e. The van der Waals surface area contributed by atoms with Gasteiger partial charge in [-0.15, -0.1) is 0 Å². The van der Waals surface area contributed by atoms with Gasteiger partial charge < -0.3 is 16.0 Å². The molecule has 0 saturated carbocycles. The van der Waals surface area contributed by atoms with Crippen LogP contribution in [-0.4, -0.2) is 38.5 Å². The Kier molecular flexibility index (Phi) is 4.39. The molecule has 5 heteroatoms. The molecule has 0 bridgehead atoms. The number of hydrogen-bond donors (Lipinski definition) is 3. The molecule has 0 aromatic rings. The van der Waals surface area contributed by atoms with Crippen LogP contribution >= 0.6 is 0 Å². The van der Waals surface area contributed by atoms with Crippen LogP contribution in [0.1, 0.15) is 12.8 Å². The van der Waals surface area contributed by atoms with Gasteiger partial charge in [0, 0.05) is 13.6 Å². The summed E-state index contributed by atoms with van der Waals surface area (Å²) in [5, 5.41) is 8.22. The van der Waals surface area contributed by atoms with E-state index >= 15 is 0 Å². The maximum Gasteiger partial charge on any atom is 0.239 e. The zero-order chi connectivity index (χ0) is 10.4. The molecule has 5 nitrogen and oxygen atoms in total. The number of hydrogen-bond acceptors (Lipinski definition) is 3. The van der Waals surface area contributed by atoms with Crippen LogP contribution in [0.5, 0.6) is 0 Å². The molecule has 1 aliphatic rings. The fraction of sp³-hybridized carbons (Fsp3) is 0.778. The Hall–Kier alpha value is -1.10. The van der Waals surface area contributed by atoms with Crippen LogP contribution in [0, 0.1) is 5.92 Å². The number of carbonyl (C=O) groups excluding carboxylic acids is 2. The first-order chi connectivity index (χ1) is 6.74. The molecule has 1 unspecified atom stereocenters. The van der Waals surface area contributed by atoms with Crippen molar-refractivity contribution in [3.8, 4) is 0 Å². The van der Waals surface area contributed by atoms with Gasteiger partial charge in [-0.25, -0.2) is 0 Å². The molecule has 3 N–H and O–H groups in total. The molecule has 1 heterocycles. The Morgan fingerprint density at radius 3 is 2.86 bits per heavy atom. The van der Waals surface area contributed by atoms with E-state index in [-0.39, 0.29) is 24.3 Å². The number of carbonyl (C=O) groups is 2. The fourth-order valence-corrected chi connectivity index (χ4v) is 1.48. The molecule has 1 aliphatic heterocycles. The van der Waals surface area contributed by atoms with Gasteiger partial charge in [0.2, 0.25) is 11.8 Å². The minimum Gasteiger partial charge on any atom is -0.358 e. The van der Waals surface area contributed by atoms with E-state index in [1.807, 2.05) is 0 Å². The van der Waals surface area contributed by atoms with Gasteiger partial charge in [0.25, 0.3) is 0 Å². The first-order valence-electron chi connectivity index (χ1n) is 4.93. The highest BCUT2D eigenvalue weighted by molar-refractivity contribution is 5.85. The van der Waals surface area contributed by atoms with E-state index in [1.165, 1.54) is 0 Å². The van der Waals surface area contributed by atoms with Crippen molar-refractivity contribution in [2.24, 2.45) is 5.92 Å². The van der Waals surface area contributed by atoms with E-state index in [2.05, 4.69) is 16.0 Å². The summed E-state index contributed by atoms with van der Waals surface area (Å²) in [6, 6.07) is 0. The van der Waals surface area contributed by atoms with Crippen LogP contribution in [0.3, 0.4) is 0 Å². The van der Waals surface area contributed by atoms with Gasteiger partial charge in [-0.2, -0.15) is 0 Å². The first-order valence-corrected chi connectivity index (χ1v) is 4.93. The summed E-state index contributed by atoms with van der Waals surface area (Å²) < 4.78 is 0. The summed E-state index contributed by atoms with van der Waals surface area (Å²) in [5.74, 6) is -0.170. The van der Waals surface area contributed by atoms with Gasteiger partial charge >= 0.3 is 0 Å². The summed E-state index contributed by atoms with van der Waals surface area (Å²) in [5.41, 5.74) is 0. The second-order valence-corrected chi connectivity index (χ2v) is 3.43. The Labute approximate surface area is 83.6 Å². The molecule has 0 aliphatic carbocycles. The van der Waals surface area contributed by atoms with Crippen molar-refractivity contribution in [3.63, 3.8) is 0 Å². The van der Waals surface area contributed by atoms with Gasteiger partial charge in [0.05, 0.1) is 12.5 Å². The molecular weight excluding hydrogens is 182 g/mol. The number of amides is 2. The highest BCUT2D eigenvalue weighted by atomic mass is 16.2. The van der Waals surface area contributed by atoms with Crippen molar-refractivity contribution in [2.75, 3.05) is 26.7 Å². The minimum atomic E-state index is -0.165. The second kappa shape index (κ2) is 5.59. The predicted octanol–water partition coefficient (Wildman–Crippen LogP) is -1.15. The van der Waals surface area contributed by atoms with E-state index in [9.17, 15) is 9.59 Å². The van der Waals surface area contributed by atoms with Gasteiger partial charge in [0.1, 0.15) is 0 Å². The highest BCUT2D eigenvalue weighted by Crippen LogP contribution is 2.09. The van der Waals surface area contributed by atoms with E-state index in [4.69, 9.17) is 0 Å². The van der Waals surface area contributed by atoms with E-state index in [0.717, 1.165) is 25.9 Å². The average molecular weight is 199 g/mol. The van der Waals surface area contributed by atoms with Crippen LogP contribution in [0.25, 0.3) is 0 Å². The summed E-state index contributed by atoms with van der Waals surface area (Å²) in [6.45, 7) is 1.78. The third-order valence-electron chi connectivity index (χ3n) is 2.37. The zero-order valence-corrected chi connectivity index (χ0v) is 8.43. The maximum atomic E-state index is 11.5. The maximum absolute atomic E-state index is 11.5. The highest BCUT2D eigenvalue weighted by Gasteiger charge is 2.20. The van der Waals surface area contributed by atoms with Crippen molar-refractivity contribution in [3.05, 3.63) is 0 Å². The molecule has 14 heavy (non-hydrogen) atoms. The van der Waals surface area contributed by atoms with Gasteiger partial charge in [-0.05, 0) is 19.4 Å². The van der Waals surface area contributed by atoms with E-state index < -0.39 is 0 Å². The van der Waals surface area contributed by atoms with Crippen molar-refractivity contribution >= 4 is 11.8 Å². The van der Waals surface area contributed by atoms with Crippen LogP contribution in [-0.2, 0) is 9.59 Å². The molecule has 0 aromatic carbocycles. The lowest BCUT2D eigenvalue weighted by Crippen LogP contribution is -2.43. The van der Waals surface area contributed by atoms with Gasteiger partial charge in [0.15, 0.2) is 0 Å². The van der Waals surface area contributed by atoms with Crippen molar-refractivity contribution in [2.45, 2.75) is 12.8 Å². The lowest BCUT2D eigenvalue weighted by atomic mass is 9.99. The number of piperidine rings is 1. The Balaban J connectivity index is 2.23. The number of nitrogens with one attached hydrogen (secondary N) is 3. The van der Waals surface area contributed by atoms with Gasteiger partial charge in [-0.1, -0.05) is 0 Å². The zero-order valence-electron chi connectivity index (χ0n) is 8.43. The fourth-order valence-electron chi connectivity index (χ4n) is 1.48. The summed E-state index contributed by atoms with van der Waals surface area (Å²) >= 11 is 0. The summed E-state index contributed by atoms with van der Waals surface area (Å²) in [4.78, 5) is 22.3. The second-order valence-electron chi connectivity index (χ2n) is 3.43. The Morgan fingerprint density at radius 2 is 2.29 bits per heavy atom. The molecule has 2 amide bonds. The van der Waals surface area contributed by atoms with Crippen LogP contribution in [0.15, 0.2) is 0 Å². The number of likely N-dealkylation sites (N-methyl/N-ethyl adjacent to an activating group) is 1. The minimum absolute atomic E-state index is 0.0217. The molecule has 0 aromatic heterocycles. The molecule has 1 atom stereocenters. The van der Waals surface area contributed by atoms with E-state index in [0.29, 0.717) is 0 Å². The third kappa shape index (κ3) is 3.33. The predicted molar refractivity (Wildman–Crippen MR) is 52.7 cm³/mol. The van der Waals surface area contributed by atoms with Crippen molar-refractivity contribution in [1.82, 2.24) is 16.0 Å². The molecule has 1 fully saturated rings. The standard InChI is InChI=1S/C9H17N3O2/c1-10-8(13)6-12-9(14)7-3-2-4-11-5-7/h7,11H,2-6H2,1H3,(H,10,13)(H,12,14). The van der Waals surface area contributed by atoms with Gasteiger partial charge in [-0.3, -0.25) is 9.59 Å². The normalized spacial score (nSPS) is 21.4. The lowest BCUT2D eigenvalue weighted by Gasteiger charge is -2.21. The van der Waals surface area contributed by atoms with Crippen molar-refractivity contribution in [1.29, 1.82) is 0 Å². The topological polar surface area (TPSA) is 70.2 Å². The first kappa shape index (κ1) is 11.0. The quantitative estimate of drug-likeness (QED) is 0.537. The monoisotopic (exact) mass is 199 g/mol. The average Bonchev–Trinajstić information content (AvgIpc) is 2.26. The third-order valence-corrected chi connectivity index (χ3v) is 2.37. The van der Waals surface area contributed by atoms with Crippen LogP contribution in [0.2, 0.25) is 0 Å². The molecule has 1 rings (SSSR count). The van der Waals surface area contributed by atoms with Crippen molar-refractivity contribution < 1.29 is 9.59 Å². The molecule has 1 saturated heterocycles. The number of rotatable bonds is 3. The van der Waals surface area contributed by atoms with Crippen LogP contribution < -0.4 is 16.0 Å². The Bertz CT molecular complexity index is 212. The molecular formula is C9H17N3O2. The lowest BCUT2D eigenvalue weighted by molar-refractivity contribution is -0.128. The molecule has 0 radical (unpaired) electrons. The van der Waals surface area contributed by atoms with Crippen LogP contribution in [0.4, 0.5) is 0 Å². The largest absolute Gasteiger partial charge is 0.358 e.